The van der Waals surface area contributed by atoms with Crippen molar-refractivity contribution in [3.8, 4) is 0 Å². The van der Waals surface area contributed by atoms with Crippen LogP contribution in [0.15, 0.2) is 4.79 Å². The lowest BCUT2D eigenvalue weighted by Crippen LogP contribution is -2.40. The van der Waals surface area contributed by atoms with E-state index in [1.165, 1.54) is 0 Å². The maximum absolute atomic E-state index is 12.9. The first-order chi connectivity index (χ1) is 15.7. The number of nitrogens with one attached hydrogen (secondary N) is 1. The van der Waals surface area contributed by atoms with Gasteiger partial charge in [-0.1, -0.05) is 38.0 Å². The average molecular weight is 483 g/mol. The quantitative estimate of drug-likeness (QED) is 0.332. The topological polar surface area (TPSA) is 188 Å². The summed E-state index contributed by atoms with van der Waals surface area (Å²) in [6, 6.07) is -0.585. The van der Waals surface area contributed by atoms with Crippen LogP contribution in [0, 0.1) is 5.92 Å². The predicted octanol–water partition coefficient (Wildman–Crippen LogP) is -0.0646. The van der Waals surface area contributed by atoms with Crippen molar-refractivity contribution in [3.05, 3.63) is 9.67 Å². The molecule has 2 aromatic rings. The Morgan fingerprint density at radius 1 is 1.30 bits per heavy atom. The fourth-order valence-electron chi connectivity index (χ4n) is 4.13. The Morgan fingerprint density at radius 2 is 2.00 bits per heavy atom. The van der Waals surface area contributed by atoms with Crippen LogP contribution in [0.2, 0.25) is 0 Å². The molecule has 0 aromatic carbocycles. The molecule has 0 spiro atoms. The minimum absolute atomic E-state index is 0.0317. The molecule has 12 nitrogen and oxygen atoms in total. The van der Waals surface area contributed by atoms with E-state index in [2.05, 4.69) is 15.3 Å². The molecule has 33 heavy (non-hydrogen) atoms. The van der Waals surface area contributed by atoms with Gasteiger partial charge in [-0.2, -0.15) is 9.97 Å². The molecule has 5 atom stereocenters. The van der Waals surface area contributed by atoms with Gasteiger partial charge in [-0.15, -0.1) is 0 Å². The van der Waals surface area contributed by atoms with Crippen LogP contribution >= 0.6 is 11.3 Å². The molecule has 4 rings (SSSR count). The summed E-state index contributed by atoms with van der Waals surface area (Å²) in [6.45, 7) is 3.24. The number of nitrogen functional groups attached to an aromatic ring is 1. The number of carbonyl (C=O) groups is 1. The number of fused-ring (bicyclic) bond motifs is 1. The third-order valence-electron chi connectivity index (χ3n) is 6.15. The molecule has 1 saturated carbocycles. The van der Waals surface area contributed by atoms with Crippen molar-refractivity contribution >= 4 is 39.4 Å². The van der Waals surface area contributed by atoms with Crippen LogP contribution in [0.3, 0.4) is 0 Å². The summed E-state index contributed by atoms with van der Waals surface area (Å²) in [5.41, 5.74) is 11.9. The molecule has 0 bridgehead atoms. The number of rotatable bonds is 7. The Balaban J connectivity index is 1.58. The fraction of sp³-hybridized carbons (Fsp3) is 0.700. The number of esters is 1. The molecular formula is C20H30N6O6S. The van der Waals surface area contributed by atoms with Crippen LogP contribution in [0.25, 0.3) is 10.3 Å². The van der Waals surface area contributed by atoms with Crippen molar-refractivity contribution in [1.29, 1.82) is 0 Å². The molecule has 182 valence electrons. The maximum Gasteiger partial charge on any atom is 0.323 e. The second kappa shape index (κ2) is 9.50. The minimum atomic E-state index is -1.45. The zero-order valence-corrected chi connectivity index (χ0v) is 19.3. The second-order valence-electron chi connectivity index (χ2n) is 8.89. The standard InChI is InChI=1S/C20H30N6O6S/c1-8(2)11(21)18(29)31-7-10-12(27)13(28)17(32-10)26-16-14(33-20(26)30)15(24-19(22)25-16)23-9-5-3-4-6-9/h8-13,17,27-28H,3-7,21H2,1-2H3,(H3,22,23,24,25)/t10?,11-,12+,13+,17+/m0/s1. The van der Waals surface area contributed by atoms with Gasteiger partial charge in [0.15, 0.2) is 17.7 Å². The summed E-state index contributed by atoms with van der Waals surface area (Å²) in [5.74, 6) is -0.333. The van der Waals surface area contributed by atoms with Crippen molar-refractivity contribution in [2.24, 2.45) is 11.7 Å². The van der Waals surface area contributed by atoms with E-state index in [0.29, 0.717) is 10.5 Å². The Kier molecular flexibility index (Phi) is 6.86. The number of anilines is 2. The van der Waals surface area contributed by atoms with Gasteiger partial charge in [0.1, 0.15) is 35.7 Å². The van der Waals surface area contributed by atoms with Crippen molar-refractivity contribution in [3.63, 3.8) is 0 Å². The summed E-state index contributed by atoms with van der Waals surface area (Å²) < 4.78 is 12.6. The first-order valence-corrected chi connectivity index (χ1v) is 11.9. The highest BCUT2D eigenvalue weighted by Gasteiger charge is 2.46. The molecule has 13 heteroatoms. The number of aliphatic hydroxyl groups is 2. The fourth-order valence-corrected chi connectivity index (χ4v) is 5.03. The van der Waals surface area contributed by atoms with Crippen LogP contribution in [-0.2, 0) is 14.3 Å². The lowest BCUT2D eigenvalue weighted by molar-refractivity contribution is -0.152. The normalized spacial score (nSPS) is 26.8. The molecule has 1 saturated heterocycles. The number of hydrogen-bond donors (Lipinski definition) is 5. The smallest absolute Gasteiger partial charge is 0.323 e. The van der Waals surface area contributed by atoms with E-state index in [-0.39, 0.29) is 30.2 Å². The lowest BCUT2D eigenvalue weighted by atomic mass is 10.1. The van der Waals surface area contributed by atoms with Crippen LogP contribution in [0.4, 0.5) is 11.8 Å². The molecule has 1 unspecified atom stereocenters. The van der Waals surface area contributed by atoms with Gasteiger partial charge in [-0.3, -0.25) is 14.2 Å². The van der Waals surface area contributed by atoms with Gasteiger partial charge in [0.2, 0.25) is 5.95 Å². The second-order valence-corrected chi connectivity index (χ2v) is 9.85. The molecule has 1 aliphatic carbocycles. The van der Waals surface area contributed by atoms with Crippen LogP contribution < -0.4 is 21.7 Å². The number of thiazole rings is 1. The molecule has 7 N–H and O–H groups in total. The van der Waals surface area contributed by atoms with Crippen molar-refractivity contribution in [2.75, 3.05) is 17.7 Å². The van der Waals surface area contributed by atoms with Crippen LogP contribution in [-0.4, -0.2) is 67.7 Å². The van der Waals surface area contributed by atoms with E-state index >= 15 is 0 Å². The van der Waals surface area contributed by atoms with Gasteiger partial charge in [-0.05, 0) is 18.8 Å². The zero-order chi connectivity index (χ0) is 23.9. The number of hydrogen-bond acceptors (Lipinski definition) is 12. The molecule has 1 aliphatic heterocycles. The first-order valence-electron chi connectivity index (χ1n) is 11.1. The molecule has 2 fully saturated rings. The number of aromatic nitrogens is 3. The van der Waals surface area contributed by atoms with E-state index < -0.39 is 41.4 Å². The maximum atomic E-state index is 12.9. The monoisotopic (exact) mass is 482 g/mol. The van der Waals surface area contributed by atoms with Gasteiger partial charge in [-0.25, -0.2) is 0 Å². The van der Waals surface area contributed by atoms with Crippen molar-refractivity contribution < 1.29 is 24.5 Å². The lowest BCUT2D eigenvalue weighted by Gasteiger charge is -2.18. The molecule has 0 amide bonds. The summed E-state index contributed by atoms with van der Waals surface area (Å²) >= 11 is 0.904. The number of nitrogens with two attached hydrogens (primary N) is 2. The Morgan fingerprint density at radius 3 is 2.67 bits per heavy atom. The van der Waals surface area contributed by atoms with Gasteiger partial charge in [0.05, 0.1) is 0 Å². The number of aliphatic hydroxyl groups excluding tert-OH is 2. The average Bonchev–Trinajstić information content (AvgIpc) is 3.46. The molecule has 0 radical (unpaired) electrons. The minimum Gasteiger partial charge on any atom is -0.462 e. The Bertz CT molecular complexity index is 1070. The molecular weight excluding hydrogens is 452 g/mol. The third-order valence-corrected chi connectivity index (χ3v) is 7.10. The van der Waals surface area contributed by atoms with Crippen LogP contribution in [0.5, 0.6) is 0 Å². The van der Waals surface area contributed by atoms with Crippen molar-refractivity contribution in [2.45, 2.75) is 76.2 Å². The summed E-state index contributed by atoms with van der Waals surface area (Å²) in [7, 11) is 0. The summed E-state index contributed by atoms with van der Waals surface area (Å²) in [6.07, 6.45) is -0.903. The zero-order valence-electron chi connectivity index (χ0n) is 18.5. The van der Waals surface area contributed by atoms with E-state index in [1.54, 1.807) is 13.8 Å². The van der Waals surface area contributed by atoms with Crippen molar-refractivity contribution in [1.82, 2.24) is 14.5 Å². The Hall–Kier alpha value is -2.32. The highest BCUT2D eigenvalue weighted by molar-refractivity contribution is 7.17. The molecule has 2 aliphatic rings. The third kappa shape index (κ3) is 4.68. The van der Waals surface area contributed by atoms with Gasteiger partial charge >= 0.3 is 10.8 Å². The van der Waals surface area contributed by atoms with Crippen LogP contribution in [0.1, 0.15) is 45.8 Å². The highest BCUT2D eigenvalue weighted by atomic mass is 32.1. The largest absolute Gasteiger partial charge is 0.462 e. The van der Waals surface area contributed by atoms with E-state index in [4.69, 9.17) is 20.9 Å². The number of nitrogens with zero attached hydrogens (tertiary/aromatic N) is 3. The molecule has 3 heterocycles. The molecule has 2 aromatic heterocycles. The summed E-state index contributed by atoms with van der Waals surface area (Å²) in [4.78, 5) is 33.0. The number of carbonyl (C=O) groups excluding carboxylic acids is 1. The van der Waals surface area contributed by atoms with Gasteiger partial charge in [0.25, 0.3) is 0 Å². The van der Waals surface area contributed by atoms with E-state index in [1.807, 2.05) is 0 Å². The summed E-state index contributed by atoms with van der Waals surface area (Å²) in [5, 5.41) is 24.4. The van der Waals surface area contributed by atoms with E-state index in [0.717, 1.165) is 41.6 Å². The SMILES string of the molecule is CC(C)[C@H](N)C(=O)OCC1O[C@@H](n2c(=O)sc3c(NC4CCCC4)nc(N)nc32)[C@H](O)[C@@H]1O. The predicted molar refractivity (Wildman–Crippen MR) is 122 cm³/mol. The Labute approximate surface area is 193 Å². The van der Waals surface area contributed by atoms with E-state index in [9.17, 15) is 19.8 Å². The highest BCUT2D eigenvalue weighted by Crippen LogP contribution is 2.34. The van der Waals surface area contributed by atoms with Gasteiger partial charge in [0, 0.05) is 6.04 Å². The number of ether oxygens (including phenoxy) is 2. The van der Waals surface area contributed by atoms with Gasteiger partial charge < -0.3 is 36.5 Å². The first kappa shape index (κ1) is 23.8.